The van der Waals surface area contributed by atoms with Crippen molar-refractivity contribution in [3.8, 4) is 0 Å². The van der Waals surface area contributed by atoms with Crippen molar-refractivity contribution in [1.82, 2.24) is 9.97 Å². The Morgan fingerprint density at radius 3 is 2.77 bits per heavy atom. The minimum Gasteiger partial charge on any atom is -0.481 e. The summed E-state index contributed by atoms with van der Waals surface area (Å²) in [4.78, 5) is 28.0. The van der Waals surface area contributed by atoms with Gasteiger partial charge in [-0.1, -0.05) is 0 Å². The Bertz CT molecular complexity index is 291. The molecule has 1 aromatic rings. The molecule has 0 bridgehead atoms. The summed E-state index contributed by atoms with van der Waals surface area (Å²) < 4.78 is 0. The van der Waals surface area contributed by atoms with Gasteiger partial charge in [0, 0.05) is 18.3 Å². The van der Waals surface area contributed by atoms with Crippen LogP contribution in [-0.4, -0.2) is 26.8 Å². The maximum absolute atomic E-state index is 10.9. The maximum Gasteiger partial charge on any atom is 0.314 e. The first kappa shape index (κ1) is 9.44. The van der Waals surface area contributed by atoms with Crippen molar-refractivity contribution < 1.29 is 14.7 Å². The topological polar surface area (TPSA) is 83.0 Å². The fourth-order valence-corrected chi connectivity index (χ4v) is 1.02. The number of carbonyl (C=O) groups is 2. The van der Waals surface area contributed by atoms with Crippen LogP contribution >= 0.6 is 0 Å². The van der Waals surface area contributed by atoms with Crippen molar-refractivity contribution in [2.45, 2.75) is 13.3 Å². The van der Waals surface area contributed by atoms with Crippen molar-refractivity contribution >= 4 is 11.8 Å². The molecule has 0 aliphatic carbocycles. The van der Waals surface area contributed by atoms with E-state index in [4.69, 9.17) is 5.11 Å². The molecule has 0 aromatic carbocycles. The minimum atomic E-state index is -1.10. The van der Waals surface area contributed by atoms with E-state index in [9.17, 15) is 9.59 Å². The Kier molecular flexibility index (Phi) is 2.79. The summed E-state index contributed by atoms with van der Waals surface area (Å²) in [6.07, 6.45) is 3.14. The monoisotopic (exact) mass is 182 g/mol. The average Bonchev–Trinajstić information content (AvgIpc) is 2.50. The molecule has 0 saturated heterocycles. The summed E-state index contributed by atoms with van der Waals surface area (Å²) in [5.41, 5.74) is 0.655. The zero-order valence-electron chi connectivity index (χ0n) is 7.15. The van der Waals surface area contributed by atoms with E-state index in [-0.39, 0.29) is 12.2 Å². The van der Waals surface area contributed by atoms with Gasteiger partial charge in [-0.25, -0.2) is 4.98 Å². The number of nitrogens with zero attached hydrogens (tertiary/aromatic N) is 1. The minimum absolute atomic E-state index is 0.171. The van der Waals surface area contributed by atoms with Crippen molar-refractivity contribution in [2.24, 2.45) is 5.92 Å². The lowest BCUT2D eigenvalue weighted by Crippen LogP contribution is -2.23. The van der Waals surface area contributed by atoms with Gasteiger partial charge in [0.1, 0.15) is 11.7 Å². The fourth-order valence-electron chi connectivity index (χ4n) is 1.02. The van der Waals surface area contributed by atoms with Crippen molar-refractivity contribution in [3.05, 3.63) is 18.2 Å². The number of aliphatic carboxylic acids is 1. The number of ketones is 1. The highest BCUT2D eigenvalue weighted by atomic mass is 16.4. The Hall–Kier alpha value is -1.65. The van der Waals surface area contributed by atoms with E-state index >= 15 is 0 Å². The van der Waals surface area contributed by atoms with Crippen LogP contribution in [0.4, 0.5) is 0 Å². The molecule has 0 amide bonds. The Morgan fingerprint density at radius 2 is 2.38 bits per heavy atom. The van der Waals surface area contributed by atoms with Gasteiger partial charge in [0.05, 0.1) is 6.33 Å². The number of hydrogen-bond acceptors (Lipinski definition) is 3. The molecule has 13 heavy (non-hydrogen) atoms. The molecular weight excluding hydrogens is 172 g/mol. The number of Topliss-reactive ketones (excluding diaryl/α,β-unsaturated/α-hetero) is 1. The molecule has 0 fully saturated rings. The molecule has 0 aliphatic heterocycles. The maximum atomic E-state index is 10.9. The number of rotatable bonds is 4. The average molecular weight is 182 g/mol. The van der Waals surface area contributed by atoms with E-state index in [1.54, 1.807) is 0 Å². The van der Waals surface area contributed by atoms with Crippen LogP contribution in [0.25, 0.3) is 0 Å². The van der Waals surface area contributed by atoms with Crippen LogP contribution in [0, 0.1) is 5.92 Å². The quantitative estimate of drug-likeness (QED) is 0.653. The molecule has 5 nitrogen and oxygen atoms in total. The van der Waals surface area contributed by atoms with Gasteiger partial charge >= 0.3 is 5.97 Å². The third kappa shape index (κ3) is 2.40. The van der Waals surface area contributed by atoms with E-state index in [2.05, 4.69) is 9.97 Å². The molecule has 70 valence electrons. The largest absolute Gasteiger partial charge is 0.481 e. The summed E-state index contributed by atoms with van der Waals surface area (Å²) in [5.74, 6) is -2.41. The summed E-state index contributed by atoms with van der Waals surface area (Å²) in [7, 11) is 0. The SMILES string of the molecule is CC(=O)C(Cc1cnc[nH]1)C(=O)O. The van der Waals surface area contributed by atoms with E-state index in [1.807, 2.05) is 0 Å². The predicted octanol–water partition coefficient (Wildman–Crippen LogP) is 0.242. The number of hydrogen-bond donors (Lipinski definition) is 2. The molecular formula is C8H10N2O3. The molecule has 1 rings (SSSR count). The zero-order chi connectivity index (χ0) is 9.84. The van der Waals surface area contributed by atoms with Gasteiger partial charge in [0.15, 0.2) is 0 Å². The lowest BCUT2D eigenvalue weighted by molar-refractivity contribution is -0.145. The summed E-state index contributed by atoms with van der Waals surface area (Å²) in [6.45, 7) is 1.27. The smallest absolute Gasteiger partial charge is 0.314 e. The molecule has 2 N–H and O–H groups in total. The van der Waals surface area contributed by atoms with Crippen LogP contribution in [0.15, 0.2) is 12.5 Å². The lowest BCUT2D eigenvalue weighted by Gasteiger charge is -2.05. The van der Waals surface area contributed by atoms with Crippen molar-refractivity contribution in [2.75, 3.05) is 0 Å². The molecule has 1 atom stereocenters. The number of carboxylic acids is 1. The number of aromatic amines is 1. The highest BCUT2D eigenvalue weighted by molar-refractivity contribution is 5.97. The number of nitrogens with one attached hydrogen (secondary N) is 1. The second kappa shape index (κ2) is 3.84. The predicted molar refractivity (Wildman–Crippen MR) is 44.1 cm³/mol. The van der Waals surface area contributed by atoms with Gasteiger partial charge in [0.25, 0.3) is 0 Å². The summed E-state index contributed by atoms with van der Waals surface area (Å²) in [6, 6.07) is 0. The molecule has 0 radical (unpaired) electrons. The third-order valence-electron chi connectivity index (χ3n) is 1.77. The van der Waals surface area contributed by atoms with E-state index < -0.39 is 11.9 Å². The standard InChI is InChI=1S/C8H10N2O3/c1-5(11)7(8(12)13)2-6-3-9-4-10-6/h3-4,7H,2H2,1H3,(H,9,10)(H,12,13). The van der Waals surface area contributed by atoms with Crippen molar-refractivity contribution in [1.29, 1.82) is 0 Å². The highest BCUT2D eigenvalue weighted by Crippen LogP contribution is 2.07. The molecule has 1 unspecified atom stereocenters. The summed E-state index contributed by atoms with van der Waals surface area (Å²) in [5, 5.41) is 8.69. The van der Waals surface area contributed by atoms with E-state index in [1.165, 1.54) is 19.4 Å². The molecule has 1 heterocycles. The number of carboxylic acid groups (broad SMARTS) is 1. The van der Waals surface area contributed by atoms with Crippen LogP contribution in [-0.2, 0) is 16.0 Å². The first-order chi connectivity index (χ1) is 6.11. The first-order valence-electron chi connectivity index (χ1n) is 3.81. The Labute approximate surface area is 74.8 Å². The highest BCUT2D eigenvalue weighted by Gasteiger charge is 2.23. The van der Waals surface area contributed by atoms with Gasteiger partial charge in [-0.05, 0) is 6.92 Å². The zero-order valence-corrected chi connectivity index (χ0v) is 7.15. The molecule has 0 aliphatic rings. The summed E-state index contributed by atoms with van der Waals surface area (Å²) >= 11 is 0. The third-order valence-corrected chi connectivity index (χ3v) is 1.77. The molecule has 0 saturated carbocycles. The van der Waals surface area contributed by atoms with Crippen LogP contribution < -0.4 is 0 Å². The second-order valence-electron chi connectivity index (χ2n) is 2.78. The van der Waals surface area contributed by atoms with Gasteiger partial charge in [-0.3, -0.25) is 9.59 Å². The number of carbonyl (C=O) groups excluding carboxylic acids is 1. The molecule has 5 heteroatoms. The molecule has 0 spiro atoms. The van der Waals surface area contributed by atoms with Crippen LogP contribution in [0.2, 0.25) is 0 Å². The lowest BCUT2D eigenvalue weighted by atomic mass is 10.00. The Morgan fingerprint density at radius 1 is 1.69 bits per heavy atom. The van der Waals surface area contributed by atoms with Crippen LogP contribution in [0.5, 0.6) is 0 Å². The second-order valence-corrected chi connectivity index (χ2v) is 2.78. The van der Waals surface area contributed by atoms with Gasteiger partial charge in [-0.2, -0.15) is 0 Å². The van der Waals surface area contributed by atoms with E-state index in [0.29, 0.717) is 5.69 Å². The number of H-pyrrole nitrogens is 1. The van der Waals surface area contributed by atoms with Gasteiger partial charge < -0.3 is 10.1 Å². The number of aromatic nitrogens is 2. The molecule has 1 aromatic heterocycles. The van der Waals surface area contributed by atoms with Gasteiger partial charge in [-0.15, -0.1) is 0 Å². The normalized spacial score (nSPS) is 12.4. The number of imidazole rings is 1. The van der Waals surface area contributed by atoms with Gasteiger partial charge in [0.2, 0.25) is 0 Å². The van der Waals surface area contributed by atoms with Crippen LogP contribution in [0.1, 0.15) is 12.6 Å². The van der Waals surface area contributed by atoms with Crippen LogP contribution in [0.3, 0.4) is 0 Å². The van der Waals surface area contributed by atoms with Crippen molar-refractivity contribution in [3.63, 3.8) is 0 Å². The fraction of sp³-hybridized carbons (Fsp3) is 0.375. The Balaban J connectivity index is 2.69. The van der Waals surface area contributed by atoms with E-state index in [0.717, 1.165) is 0 Å². The first-order valence-corrected chi connectivity index (χ1v) is 3.81.